The fourth-order valence-electron chi connectivity index (χ4n) is 0.965. The van der Waals surface area contributed by atoms with Crippen molar-refractivity contribution in [3.63, 3.8) is 0 Å². The molecule has 0 spiro atoms. The summed E-state index contributed by atoms with van der Waals surface area (Å²) in [5.74, 6) is 0. The highest BCUT2D eigenvalue weighted by Crippen LogP contribution is 2.05. The van der Waals surface area contributed by atoms with E-state index in [-0.39, 0.29) is 0 Å². The fraction of sp³-hybridized carbons (Fsp3) is 0.444. The van der Waals surface area contributed by atoms with Crippen molar-refractivity contribution >= 4 is 0 Å². The van der Waals surface area contributed by atoms with E-state index in [0.29, 0.717) is 6.42 Å². The Kier molecular flexibility index (Phi) is 2.78. The molecule has 3 nitrogen and oxygen atoms in total. The van der Waals surface area contributed by atoms with Gasteiger partial charge < -0.3 is 11.5 Å². The molecule has 0 fully saturated rings. The molecule has 3 heteroatoms. The average molecular weight is 165 g/mol. The Labute approximate surface area is 72.8 Å². The minimum Gasteiger partial charge on any atom is -0.313 e. The molecule has 0 aromatic carbocycles. The van der Waals surface area contributed by atoms with E-state index < -0.39 is 5.66 Å². The smallest absolute Gasteiger partial charge is 0.0690 e. The summed E-state index contributed by atoms with van der Waals surface area (Å²) in [6, 6.07) is 5.75. The van der Waals surface area contributed by atoms with Gasteiger partial charge in [0.25, 0.3) is 0 Å². The minimum absolute atomic E-state index is 0.617. The van der Waals surface area contributed by atoms with Crippen molar-refractivity contribution in [2.45, 2.75) is 25.4 Å². The second kappa shape index (κ2) is 3.65. The number of hydrogen-bond acceptors (Lipinski definition) is 3. The largest absolute Gasteiger partial charge is 0.313 e. The monoisotopic (exact) mass is 165 g/mol. The van der Waals surface area contributed by atoms with Crippen LogP contribution in [0.25, 0.3) is 0 Å². The van der Waals surface area contributed by atoms with Gasteiger partial charge in [-0.15, -0.1) is 0 Å². The Morgan fingerprint density at radius 1 is 1.42 bits per heavy atom. The van der Waals surface area contributed by atoms with Gasteiger partial charge in [0.1, 0.15) is 0 Å². The molecule has 0 aliphatic carbocycles. The number of nitrogens with zero attached hydrogens (tertiary/aromatic N) is 1. The molecule has 12 heavy (non-hydrogen) atoms. The first-order valence-electron chi connectivity index (χ1n) is 4.12. The van der Waals surface area contributed by atoms with Gasteiger partial charge in [-0.1, -0.05) is 13.0 Å². The van der Waals surface area contributed by atoms with Gasteiger partial charge in [-0.3, -0.25) is 4.98 Å². The molecule has 0 radical (unpaired) electrons. The van der Waals surface area contributed by atoms with Crippen molar-refractivity contribution in [3.05, 3.63) is 30.1 Å². The lowest BCUT2D eigenvalue weighted by atomic mass is 10.0. The Hall–Kier alpha value is -0.930. The van der Waals surface area contributed by atoms with Crippen LogP contribution >= 0.6 is 0 Å². The Balaban J connectivity index is 2.64. The summed E-state index contributed by atoms with van der Waals surface area (Å²) in [7, 11) is 0. The third-order valence-corrected chi connectivity index (χ3v) is 1.89. The van der Waals surface area contributed by atoms with Crippen molar-refractivity contribution in [2.24, 2.45) is 11.5 Å². The molecule has 66 valence electrons. The van der Waals surface area contributed by atoms with Crippen LogP contribution in [0.15, 0.2) is 24.4 Å². The van der Waals surface area contributed by atoms with Crippen LogP contribution in [-0.4, -0.2) is 10.6 Å². The molecule has 0 bridgehead atoms. The minimum atomic E-state index is -0.617. The van der Waals surface area contributed by atoms with E-state index in [2.05, 4.69) is 4.98 Å². The van der Waals surface area contributed by atoms with Gasteiger partial charge in [0.15, 0.2) is 0 Å². The lowest BCUT2D eigenvalue weighted by molar-refractivity contribution is 0.420. The predicted octanol–water partition coefficient (Wildman–Crippen LogP) is 0.648. The van der Waals surface area contributed by atoms with Crippen LogP contribution in [0.4, 0.5) is 0 Å². The molecule has 1 heterocycles. The van der Waals surface area contributed by atoms with Crippen LogP contribution in [0, 0.1) is 0 Å². The summed E-state index contributed by atoms with van der Waals surface area (Å²) in [5, 5.41) is 0. The third kappa shape index (κ3) is 2.60. The molecule has 0 amide bonds. The standard InChI is InChI=1S/C9H15N3/c1-2-9(10,11)7-8-5-3-4-6-12-8/h3-6H,2,7,10-11H2,1H3. The highest BCUT2D eigenvalue weighted by molar-refractivity contribution is 5.06. The van der Waals surface area contributed by atoms with Gasteiger partial charge in [-0.05, 0) is 18.6 Å². The Morgan fingerprint density at radius 2 is 2.17 bits per heavy atom. The van der Waals surface area contributed by atoms with Crippen LogP contribution in [0.3, 0.4) is 0 Å². The van der Waals surface area contributed by atoms with E-state index >= 15 is 0 Å². The lowest BCUT2D eigenvalue weighted by Gasteiger charge is -2.21. The number of nitrogens with two attached hydrogens (primary N) is 2. The van der Waals surface area contributed by atoms with Crippen LogP contribution in [0.5, 0.6) is 0 Å². The summed E-state index contributed by atoms with van der Waals surface area (Å²) in [6.45, 7) is 1.98. The number of pyridine rings is 1. The van der Waals surface area contributed by atoms with Gasteiger partial charge in [0.05, 0.1) is 5.66 Å². The first kappa shape index (κ1) is 9.16. The Bertz CT molecular complexity index is 231. The molecular weight excluding hydrogens is 150 g/mol. The maximum absolute atomic E-state index is 5.79. The second-order valence-corrected chi connectivity index (χ2v) is 3.08. The molecule has 1 rings (SSSR count). The van der Waals surface area contributed by atoms with Crippen molar-refractivity contribution in [1.29, 1.82) is 0 Å². The van der Waals surface area contributed by atoms with Crippen molar-refractivity contribution in [1.82, 2.24) is 4.98 Å². The first-order valence-corrected chi connectivity index (χ1v) is 4.12. The lowest BCUT2D eigenvalue weighted by Crippen LogP contribution is -2.50. The summed E-state index contributed by atoms with van der Waals surface area (Å²) < 4.78 is 0. The maximum Gasteiger partial charge on any atom is 0.0690 e. The van der Waals surface area contributed by atoms with Gasteiger partial charge in [0.2, 0.25) is 0 Å². The zero-order valence-electron chi connectivity index (χ0n) is 7.33. The van der Waals surface area contributed by atoms with Crippen molar-refractivity contribution in [3.8, 4) is 0 Å². The van der Waals surface area contributed by atoms with Gasteiger partial charge >= 0.3 is 0 Å². The summed E-state index contributed by atoms with van der Waals surface area (Å²) in [5.41, 5.74) is 11.9. The highest BCUT2D eigenvalue weighted by Gasteiger charge is 2.16. The zero-order valence-corrected chi connectivity index (χ0v) is 7.33. The fourth-order valence-corrected chi connectivity index (χ4v) is 0.965. The van der Waals surface area contributed by atoms with Crippen molar-refractivity contribution < 1.29 is 0 Å². The van der Waals surface area contributed by atoms with Gasteiger partial charge in [-0.2, -0.15) is 0 Å². The number of rotatable bonds is 3. The molecule has 4 N–H and O–H groups in total. The zero-order chi connectivity index (χ0) is 9.03. The number of aromatic nitrogens is 1. The van der Waals surface area contributed by atoms with Crippen LogP contribution in [0.1, 0.15) is 19.0 Å². The SMILES string of the molecule is CCC(N)(N)Cc1ccccn1. The molecule has 1 aromatic rings. The first-order chi connectivity index (χ1) is 5.64. The molecule has 0 aliphatic heterocycles. The molecular formula is C9H15N3. The van der Waals surface area contributed by atoms with E-state index in [1.807, 2.05) is 25.1 Å². The molecule has 0 aliphatic rings. The van der Waals surface area contributed by atoms with E-state index in [0.717, 1.165) is 12.1 Å². The quantitative estimate of drug-likeness (QED) is 0.646. The molecule has 0 atom stereocenters. The van der Waals surface area contributed by atoms with E-state index in [1.165, 1.54) is 0 Å². The highest BCUT2D eigenvalue weighted by atomic mass is 15.0. The Morgan fingerprint density at radius 3 is 2.67 bits per heavy atom. The molecule has 0 unspecified atom stereocenters. The summed E-state index contributed by atoms with van der Waals surface area (Å²) in [6.07, 6.45) is 3.13. The topological polar surface area (TPSA) is 64.9 Å². The third-order valence-electron chi connectivity index (χ3n) is 1.89. The molecule has 0 saturated carbocycles. The second-order valence-electron chi connectivity index (χ2n) is 3.08. The summed E-state index contributed by atoms with van der Waals surface area (Å²) in [4.78, 5) is 4.15. The predicted molar refractivity (Wildman–Crippen MR) is 49.3 cm³/mol. The van der Waals surface area contributed by atoms with Crippen LogP contribution in [-0.2, 0) is 6.42 Å². The van der Waals surface area contributed by atoms with Gasteiger partial charge in [0, 0.05) is 18.3 Å². The van der Waals surface area contributed by atoms with E-state index in [9.17, 15) is 0 Å². The number of hydrogen-bond donors (Lipinski definition) is 2. The summed E-state index contributed by atoms with van der Waals surface area (Å²) >= 11 is 0. The van der Waals surface area contributed by atoms with E-state index in [1.54, 1.807) is 6.20 Å². The average Bonchev–Trinajstić information content (AvgIpc) is 2.06. The van der Waals surface area contributed by atoms with E-state index in [4.69, 9.17) is 11.5 Å². The van der Waals surface area contributed by atoms with Crippen LogP contribution in [0.2, 0.25) is 0 Å². The molecule has 1 aromatic heterocycles. The molecule has 0 saturated heterocycles. The van der Waals surface area contributed by atoms with Gasteiger partial charge in [-0.25, -0.2) is 0 Å². The van der Waals surface area contributed by atoms with Crippen LogP contribution < -0.4 is 11.5 Å². The maximum atomic E-state index is 5.79. The van der Waals surface area contributed by atoms with Crippen molar-refractivity contribution in [2.75, 3.05) is 0 Å². The normalized spacial score (nSPS) is 11.6.